The summed E-state index contributed by atoms with van der Waals surface area (Å²) in [6.45, 7) is 2.63. The van der Waals surface area contributed by atoms with Gasteiger partial charge in [-0.05, 0) is 57.1 Å². The van der Waals surface area contributed by atoms with E-state index in [2.05, 4.69) is 57.2 Å². The van der Waals surface area contributed by atoms with Crippen molar-refractivity contribution >= 4 is 17.1 Å². The average Bonchev–Trinajstić information content (AvgIpc) is 3.71. The molecule has 0 bridgehead atoms. The second kappa shape index (κ2) is 11.8. The maximum atomic E-state index is 13.0. The zero-order valence-electron chi connectivity index (χ0n) is 20.8. The number of nitrogens with zero attached hydrogens (tertiary/aromatic N) is 6. The number of thiophene rings is 1. The molecule has 0 amide bonds. The van der Waals surface area contributed by atoms with Crippen molar-refractivity contribution in [3.63, 3.8) is 0 Å². The number of tetrazole rings is 1. The Hall–Kier alpha value is -3.98. The molecular formula is C28H29N7OS. The molecule has 0 fully saturated rings. The van der Waals surface area contributed by atoms with E-state index in [1.54, 1.807) is 11.3 Å². The summed E-state index contributed by atoms with van der Waals surface area (Å²) in [6, 6.07) is 18.4. The Balaban J connectivity index is 1.49. The molecule has 0 radical (unpaired) electrons. The first-order valence-electron chi connectivity index (χ1n) is 12.6. The first kappa shape index (κ1) is 24.7. The molecule has 37 heavy (non-hydrogen) atoms. The van der Waals surface area contributed by atoms with Crippen LogP contribution in [0, 0.1) is 0 Å². The molecule has 3 aromatic heterocycles. The highest BCUT2D eigenvalue weighted by atomic mass is 32.1. The van der Waals surface area contributed by atoms with Gasteiger partial charge in [0.1, 0.15) is 5.82 Å². The van der Waals surface area contributed by atoms with Crippen molar-refractivity contribution in [1.29, 1.82) is 0 Å². The number of unbranched alkanes of at least 4 members (excludes halogenated alkanes) is 2. The van der Waals surface area contributed by atoms with E-state index in [4.69, 9.17) is 10.1 Å². The number of carbonyl (C=O) groups excluding carboxylic acids is 1. The Morgan fingerprint density at radius 1 is 1.03 bits per heavy atom. The van der Waals surface area contributed by atoms with Gasteiger partial charge in [-0.2, -0.15) is 16.6 Å². The fourth-order valence-corrected chi connectivity index (χ4v) is 5.13. The Morgan fingerprint density at radius 3 is 2.68 bits per heavy atom. The van der Waals surface area contributed by atoms with Gasteiger partial charge in [-0.25, -0.2) is 9.67 Å². The predicted octanol–water partition coefficient (Wildman–Crippen LogP) is 5.78. The van der Waals surface area contributed by atoms with Crippen LogP contribution in [-0.4, -0.2) is 41.2 Å². The highest BCUT2D eigenvalue weighted by molar-refractivity contribution is 7.07. The lowest BCUT2D eigenvalue weighted by Gasteiger charge is -2.14. The number of aromatic amines is 1. The van der Waals surface area contributed by atoms with E-state index in [1.807, 2.05) is 40.4 Å². The van der Waals surface area contributed by atoms with Crippen LogP contribution in [0.15, 0.2) is 65.4 Å². The van der Waals surface area contributed by atoms with Crippen LogP contribution < -0.4 is 0 Å². The number of nitrogens with one attached hydrogen (secondary N) is 1. The minimum absolute atomic E-state index is 0.0295. The number of benzene rings is 2. The van der Waals surface area contributed by atoms with Gasteiger partial charge < -0.3 is 0 Å². The van der Waals surface area contributed by atoms with Gasteiger partial charge in [-0.1, -0.05) is 68.3 Å². The van der Waals surface area contributed by atoms with E-state index in [0.29, 0.717) is 31.0 Å². The smallest absolute Gasteiger partial charge is 0.217 e. The Kier molecular flexibility index (Phi) is 7.90. The Morgan fingerprint density at radius 2 is 1.92 bits per heavy atom. The molecule has 188 valence electrons. The number of Topliss-reactive ketones (excluding diaryl/α,β-unsaturated/α-hetero) is 1. The van der Waals surface area contributed by atoms with E-state index in [9.17, 15) is 4.79 Å². The van der Waals surface area contributed by atoms with Gasteiger partial charge in [0.25, 0.3) is 0 Å². The van der Waals surface area contributed by atoms with E-state index in [1.165, 1.54) is 5.56 Å². The normalized spacial score (nSPS) is 11.2. The fourth-order valence-electron chi connectivity index (χ4n) is 4.43. The molecule has 5 rings (SSSR count). The molecule has 3 heterocycles. The largest absolute Gasteiger partial charge is 0.291 e. The third-order valence-electron chi connectivity index (χ3n) is 6.35. The summed E-state index contributed by atoms with van der Waals surface area (Å²) >= 11 is 1.64. The van der Waals surface area contributed by atoms with Crippen molar-refractivity contribution in [3.05, 3.63) is 88.1 Å². The molecule has 0 aliphatic rings. The number of ketones is 1. The molecule has 0 saturated heterocycles. The van der Waals surface area contributed by atoms with E-state index in [0.717, 1.165) is 53.8 Å². The van der Waals surface area contributed by atoms with Crippen molar-refractivity contribution < 1.29 is 4.79 Å². The second-order valence-corrected chi connectivity index (χ2v) is 9.74. The molecular weight excluding hydrogens is 482 g/mol. The summed E-state index contributed by atoms with van der Waals surface area (Å²) in [6.07, 6.45) is 5.08. The van der Waals surface area contributed by atoms with Crippen LogP contribution in [0.4, 0.5) is 0 Å². The van der Waals surface area contributed by atoms with E-state index in [-0.39, 0.29) is 5.78 Å². The first-order valence-corrected chi connectivity index (χ1v) is 13.6. The lowest BCUT2D eigenvalue weighted by molar-refractivity contribution is 0.0972. The van der Waals surface area contributed by atoms with Crippen LogP contribution in [0.5, 0.6) is 0 Å². The summed E-state index contributed by atoms with van der Waals surface area (Å²) in [7, 11) is 0. The highest BCUT2D eigenvalue weighted by Gasteiger charge is 2.20. The molecule has 0 aliphatic carbocycles. The second-order valence-electron chi connectivity index (χ2n) is 8.96. The maximum absolute atomic E-state index is 13.0. The summed E-state index contributed by atoms with van der Waals surface area (Å²) in [5, 5.41) is 23.8. The van der Waals surface area contributed by atoms with Crippen molar-refractivity contribution in [2.75, 3.05) is 0 Å². The number of hydrogen-bond acceptors (Lipinski definition) is 7. The van der Waals surface area contributed by atoms with Crippen molar-refractivity contribution in [2.24, 2.45) is 0 Å². The number of H-pyrrole nitrogens is 1. The number of carbonyl (C=O) groups is 1. The summed E-state index contributed by atoms with van der Waals surface area (Å²) in [5.41, 5.74) is 5.13. The van der Waals surface area contributed by atoms with Gasteiger partial charge in [0.15, 0.2) is 0 Å². The van der Waals surface area contributed by atoms with Gasteiger partial charge in [0, 0.05) is 18.4 Å². The van der Waals surface area contributed by atoms with Crippen molar-refractivity contribution in [1.82, 2.24) is 35.4 Å². The first-order chi connectivity index (χ1) is 18.2. The number of hydrogen-bond donors (Lipinski definition) is 1. The van der Waals surface area contributed by atoms with Crippen LogP contribution >= 0.6 is 11.3 Å². The van der Waals surface area contributed by atoms with Gasteiger partial charge in [0.05, 0.1) is 6.54 Å². The van der Waals surface area contributed by atoms with Crippen LogP contribution in [0.3, 0.4) is 0 Å². The van der Waals surface area contributed by atoms with Crippen molar-refractivity contribution in [2.45, 2.75) is 52.0 Å². The van der Waals surface area contributed by atoms with E-state index >= 15 is 0 Å². The van der Waals surface area contributed by atoms with Crippen LogP contribution in [-0.2, 0) is 19.4 Å². The number of rotatable bonds is 12. The summed E-state index contributed by atoms with van der Waals surface area (Å²) in [4.78, 5) is 17.7. The molecule has 0 aliphatic heterocycles. The minimum Gasteiger partial charge on any atom is -0.291 e. The maximum Gasteiger partial charge on any atom is 0.217 e. The van der Waals surface area contributed by atoms with Gasteiger partial charge in [-0.15, -0.1) is 15.3 Å². The third kappa shape index (κ3) is 5.89. The molecule has 8 nitrogen and oxygen atoms in total. The SMILES string of the molecule is CCCCCc1nc(C(=O)CCc2ccsc2)nn1Cc1cccc(-c2ccccc2)c1-c1nn[nH]n1. The molecule has 0 saturated carbocycles. The zero-order chi connectivity index (χ0) is 25.5. The van der Waals surface area contributed by atoms with Crippen LogP contribution in [0.25, 0.3) is 22.5 Å². The minimum atomic E-state index is -0.0295. The van der Waals surface area contributed by atoms with Crippen LogP contribution in [0.1, 0.15) is 60.2 Å². The number of aryl methyl sites for hydroxylation is 2. The topological polar surface area (TPSA) is 102 Å². The average molecular weight is 512 g/mol. The quantitative estimate of drug-likeness (QED) is 0.168. The molecule has 2 aromatic carbocycles. The monoisotopic (exact) mass is 511 g/mol. The number of aromatic nitrogens is 7. The van der Waals surface area contributed by atoms with Gasteiger partial charge in [-0.3, -0.25) is 4.79 Å². The Bertz CT molecular complexity index is 1430. The standard InChI is InChI=1S/C28H29N7OS/c1-2-3-5-13-25-29-27(24(36)15-14-20-16-17-37-19-20)32-35(25)18-22-11-8-12-23(21-9-6-4-7-10-21)26(22)28-30-33-34-31-28/h4,6-12,16-17,19H,2-3,5,13-15,18H2,1H3,(H,30,31,33,34). The van der Waals surface area contributed by atoms with E-state index < -0.39 is 0 Å². The van der Waals surface area contributed by atoms with Gasteiger partial charge >= 0.3 is 0 Å². The molecule has 1 N–H and O–H groups in total. The summed E-state index contributed by atoms with van der Waals surface area (Å²) < 4.78 is 1.88. The molecule has 9 heteroatoms. The lowest BCUT2D eigenvalue weighted by Crippen LogP contribution is -2.10. The van der Waals surface area contributed by atoms with Crippen molar-refractivity contribution in [3.8, 4) is 22.5 Å². The fraction of sp³-hybridized carbons (Fsp3) is 0.286. The molecule has 5 aromatic rings. The zero-order valence-corrected chi connectivity index (χ0v) is 21.6. The predicted molar refractivity (Wildman–Crippen MR) is 144 cm³/mol. The molecule has 0 atom stereocenters. The summed E-state index contributed by atoms with van der Waals surface area (Å²) in [5.74, 6) is 1.62. The highest BCUT2D eigenvalue weighted by Crippen LogP contribution is 2.33. The molecule has 0 unspecified atom stereocenters. The third-order valence-corrected chi connectivity index (χ3v) is 7.08. The van der Waals surface area contributed by atoms with Crippen LogP contribution in [0.2, 0.25) is 0 Å². The molecule has 0 spiro atoms. The lowest BCUT2D eigenvalue weighted by atomic mass is 9.95. The Labute approximate surface area is 219 Å². The van der Waals surface area contributed by atoms with Gasteiger partial charge in [0.2, 0.25) is 17.4 Å².